The molecule has 5 heteroatoms. The van der Waals surface area contributed by atoms with Gasteiger partial charge in [0.2, 0.25) is 0 Å². The first-order valence-electron chi connectivity index (χ1n) is 6.46. The highest BCUT2D eigenvalue weighted by atomic mass is 79.9. The van der Waals surface area contributed by atoms with Gasteiger partial charge in [0.1, 0.15) is 0 Å². The average Bonchev–Trinajstić information content (AvgIpc) is 2.74. The second-order valence-electron chi connectivity index (χ2n) is 4.83. The molecule has 0 unspecified atom stereocenters. The fraction of sp³-hybridized carbons (Fsp3) is 0.0625. The molecule has 0 aliphatic heterocycles. The van der Waals surface area contributed by atoms with Crippen LogP contribution >= 0.6 is 15.9 Å². The summed E-state index contributed by atoms with van der Waals surface area (Å²) in [6.45, 7) is 1.87. The van der Waals surface area contributed by atoms with Crippen LogP contribution in [0.5, 0.6) is 5.88 Å². The Morgan fingerprint density at radius 1 is 1.24 bits per heavy atom. The number of hydrogen-bond donors (Lipinski definition) is 3. The van der Waals surface area contributed by atoms with Gasteiger partial charge in [0.15, 0.2) is 5.88 Å². The number of aliphatic imine (C=N–C) groups is 1. The summed E-state index contributed by atoms with van der Waals surface area (Å²) in [6, 6.07) is 13.2. The number of anilines is 1. The largest absolute Gasteiger partial charge is 0.494 e. The first kappa shape index (κ1) is 13.7. The second kappa shape index (κ2) is 5.26. The van der Waals surface area contributed by atoms with Crippen molar-refractivity contribution in [1.82, 2.24) is 4.98 Å². The van der Waals surface area contributed by atoms with Gasteiger partial charge in [-0.15, -0.1) is 0 Å². The van der Waals surface area contributed by atoms with Crippen molar-refractivity contribution in [2.75, 3.05) is 5.73 Å². The third kappa shape index (κ3) is 2.64. The molecule has 0 atom stereocenters. The number of halogens is 1. The van der Waals surface area contributed by atoms with Crippen molar-refractivity contribution >= 4 is 43.9 Å². The SMILES string of the molecule is CC(=Nc1cccc(Br)c1)c1c(O)[nH]c2ccc(N)cc12. The summed E-state index contributed by atoms with van der Waals surface area (Å²) in [4.78, 5) is 7.51. The van der Waals surface area contributed by atoms with Crippen molar-refractivity contribution in [3.8, 4) is 5.88 Å². The van der Waals surface area contributed by atoms with Gasteiger partial charge in [-0.05, 0) is 43.3 Å². The predicted octanol–water partition coefficient (Wildman–Crippen LogP) is 4.36. The quantitative estimate of drug-likeness (QED) is 0.477. The van der Waals surface area contributed by atoms with E-state index in [1.165, 1.54) is 0 Å². The van der Waals surface area contributed by atoms with Crippen LogP contribution in [0.3, 0.4) is 0 Å². The topological polar surface area (TPSA) is 74.4 Å². The van der Waals surface area contributed by atoms with E-state index in [0.29, 0.717) is 11.3 Å². The Morgan fingerprint density at radius 3 is 2.81 bits per heavy atom. The monoisotopic (exact) mass is 343 g/mol. The molecule has 4 nitrogen and oxygen atoms in total. The number of nitrogens with zero attached hydrogens (tertiary/aromatic N) is 1. The lowest BCUT2D eigenvalue weighted by molar-refractivity contribution is 0.457. The Balaban J connectivity index is 2.15. The zero-order chi connectivity index (χ0) is 15.0. The van der Waals surface area contributed by atoms with E-state index in [9.17, 15) is 5.11 Å². The van der Waals surface area contributed by atoms with E-state index < -0.39 is 0 Å². The molecule has 0 radical (unpaired) electrons. The number of H-pyrrole nitrogens is 1. The normalized spacial score (nSPS) is 12.0. The number of aromatic hydroxyl groups is 1. The molecule has 4 N–H and O–H groups in total. The molecule has 106 valence electrons. The van der Waals surface area contributed by atoms with Crippen molar-refractivity contribution in [2.24, 2.45) is 4.99 Å². The van der Waals surface area contributed by atoms with Gasteiger partial charge >= 0.3 is 0 Å². The molecule has 3 rings (SSSR count). The summed E-state index contributed by atoms with van der Waals surface area (Å²) in [5, 5.41) is 11.0. The van der Waals surface area contributed by atoms with Crippen LogP contribution in [0.25, 0.3) is 10.9 Å². The van der Waals surface area contributed by atoms with Gasteiger partial charge in [-0.1, -0.05) is 22.0 Å². The molecule has 0 fully saturated rings. The van der Waals surface area contributed by atoms with E-state index in [4.69, 9.17) is 5.73 Å². The molecule has 0 saturated carbocycles. The number of nitrogens with one attached hydrogen (secondary N) is 1. The van der Waals surface area contributed by atoms with Crippen LogP contribution in [0.4, 0.5) is 11.4 Å². The minimum absolute atomic E-state index is 0.104. The van der Waals surface area contributed by atoms with E-state index in [1.807, 2.05) is 43.3 Å². The highest BCUT2D eigenvalue weighted by molar-refractivity contribution is 9.10. The maximum Gasteiger partial charge on any atom is 0.198 e. The van der Waals surface area contributed by atoms with Crippen molar-refractivity contribution < 1.29 is 5.11 Å². The molecule has 3 aromatic rings. The van der Waals surface area contributed by atoms with Gasteiger partial charge in [0.25, 0.3) is 0 Å². The minimum Gasteiger partial charge on any atom is -0.494 e. The van der Waals surface area contributed by atoms with E-state index in [1.54, 1.807) is 6.07 Å². The van der Waals surface area contributed by atoms with Crippen LogP contribution < -0.4 is 5.73 Å². The number of nitrogen functional groups attached to an aromatic ring is 1. The first-order valence-corrected chi connectivity index (χ1v) is 7.25. The van der Waals surface area contributed by atoms with E-state index >= 15 is 0 Å². The Morgan fingerprint density at radius 2 is 2.05 bits per heavy atom. The highest BCUT2D eigenvalue weighted by Crippen LogP contribution is 2.30. The molecule has 0 amide bonds. The standard InChI is InChI=1S/C16H14BrN3O/c1-9(19-12-4-2-3-10(17)7-12)15-13-8-11(18)5-6-14(13)20-16(15)21/h2-8,20-21H,18H2,1H3. The van der Waals surface area contributed by atoms with Crippen LogP contribution in [-0.2, 0) is 0 Å². The van der Waals surface area contributed by atoms with Crippen molar-refractivity contribution in [2.45, 2.75) is 6.92 Å². The lowest BCUT2D eigenvalue weighted by Crippen LogP contribution is -1.94. The Labute approximate surface area is 130 Å². The Bertz CT molecular complexity index is 852. The summed E-state index contributed by atoms with van der Waals surface area (Å²) in [7, 11) is 0. The smallest absolute Gasteiger partial charge is 0.198 e. The van der Waals surface area contributed by atoms with E-state index in [2.05, 4.69) is 25.9 Å². The fourth-order valence-corrected chi connectivity index (χ4v) is 2.74. The zero-order valence-corrected chi connectivity index (χ0v) is 13.0. The lowest BCUT2D eigenvalue weighted by Gasteiger charge is -2.02. The highest BCUT2D eigenvalue weighted by Gasteiger charge is 2.13. The number of aromatic amines is 1. The average molecular weight is 344 g/mol. The Kier molecular flexibility index (Phi) is 3.43. The summed E-state index contributed by atoms with van der Waals surface area (Å²) < 4.78 is 0.962. The third-order valence-electron chi connectivity index (χ3n) is 3.27. The maximum atomic E-state index is 10.1. The molecular weight excluding hydrogens is 330 g/mol. The van der Waals surface area contributed by atoms with Crippen LogP contribution in [0.2, 0.25) is 0 Å². The molecule has 1 heterocycles. The van der Waals surface area contributed by atoms with Gasteiger partial charge in [-0.25, -0.2) is 0 Å². The van der Waals surface area contributed by atoms with Crippen LogP contribution in [0.15, 0.2) is 51.9 Å². The fourth-order valence-electron chi connectivity index (χ4n) is 2.36. The molecule has 2 aromatic carbocycles. The number of rotatable bonds is 2. The first-order chi connectivity index (χ1) is 10.0. The zero-order valence-electron chi connectivity index (χ0n) is 11.4. The molecule has 21 heavy (non-hydrogen) atoms. The van der Waals surface area contributed by atoms with E-state index in [0.717, 1.165) is 26.8 Å². The molecule has 0 spiro atoms. The molecule has 1 aromatic heterocycles. The number of nitrogens with two attached hydrogens (primary N) is 1. The number of hydrogen-bond acceptors (Lipinski definition) is 3. The summed E-state index contributed by atoms with van der Waals surface area (Å²) in [5.74, 6) is 0.104. The van der Waals surface area contributed by atoms with Crippen LogP contribution in [-0.4, -0.2) is 15.8 Å². The van der Waals surface area contributed by atoms with Crippen molar-refractivity contribution in [3.05, 3.63) is 52.5 Å². The van der Waals surface area contributed by atoms with Gasteiger partial charge < -0.3 is 15.8 Å². The van der Waals surface area contributed by atoms with Gasteiger partial charge in [0, 0.05) is 21.1 Å². The molecular formula is C16H14BrN3O. The number of fused-ring (bicyclic) bond motifs is 1. The summed E-state index contributed by atoms with van der Waals surface area (Å²) in [5.41, 5.74) is 9.54. The minimum atomic E-state index is 0.104. The van der Waals surface area contributed by atoms with Crippen LogP contribution in [0.1, 0.15) is 12.5 Å². The summed E-state index contributed by atoms with van der Waals surface area (Å²) >= 11 is 3.42. The molecule has 0 aliphatic carbocycles. The lowest BCUT2D eigenvalue weighted by atomic mass is 10.1. The molecule has 0 saturated heterocycles. The van der Waals surface area contributed by atoms with Gasteiger partial charge in [-0.3, -0.25) is 4.99 Å². The second-order valence-corrected chi connectivity index (χ2v) is 5.75. The third-order valence-corrected chi connectivity index (χ3v) is 3.76. The van der Waals surface area contributed by atoms with Gasteiger partial charge in [-0.2, -0.15) is 0 Å². The van der Waals surface area contributed by atoms with E-state index in [-0.39, 0.29) is 5.88 Å². The van der Waals surface area contributed by atoms with Gasteiger partial charge in [0.05, 0.1) is 17.0 Å². The maximum absolute atomic E-state index is 10.1. The predicted molar refractivity (Wildman–Crippen MR) is 90.4 cm³/mol. The number of benzene rings is 2. The molecule has 0 bridgehead atoms. The van der Waals surface area contributed by atoms with Crippen LogP contribution in [0, 0.1) is 0 Å². The molecule has 0 aliphatic rings. The van der Waals surface area contributed by atoms with Crippen molar-refractivity contribution in [3.63, 3.8) is 0 Å². The summed E-state index contributed by atoms with van der Waals surface area (Å²) in [6.07, 6.45) is 0. The van der Waals surface area contributed by atoms with Crippen molar-refractivity contribution in [1.29, 1.82) is 0 Å². The number of aromatic nitrogens is 1. The Hall–Kier alpha value is -2.27.